The predicted octanol–water partition coefficient (Wildman–Crippen LogP) is 2.65. The van der Waals surface area contributed by atoms with Gasteiger partial charge in [0.15, 0.2) is 0 Å². The van der Waals surface area contributed by atoms with Crippen LogP contribution in [0.25, 0.3) is 0 Å². The molecule has 1 atom stereocenters. The number of likely N-dealkylation sites (N-methyl/N-ethyl adjacent to an activating group) is 2. The molecule has 1 N–H and O–H groups in total. The first-order chi connectivity index (χ1) is 14.6. The average Bonchev–Trinajstić information content (AvgIpc) is 2.73. The molecule has 0 aliphatic rings. The Hall–Kier alpha value is -2.49. The summed E-state index contributed by atoms with van der Waals surface area (Å²) < 4.78 is 40.6. The summed E-state index contributed by atoms with van der Waals surface area (Å²) in [5, 5.41) is 3.00. The number of amides is 2. The number of benzene rings is 2. The molecule has 168 valence electrons. The van der Waals surface area contributed by atoms with Crippen LogP contribution < -0.4 is 5.32 Å². The molecule has 0 unspecified atom stereocenters. The number of hydrogen-bond acceptors (Lipinski definition) is 4. The van der Waals surface area contributed by atoms with Gasteiger partial charge in [-0.1, -0.05) is 29.8 Å². The highest BCUT2D eigenvalue weighted by Gasteiger charge is 2.30. The Balaban J connectivity index is 2.28. The number of carbonyl (C=O) groups excluding carboxylic acids is 2. The van der Waals surface area contributed by atoms with Crippen molar-refractivity contribution in [2.75, 3.05) is 20.1 Å². The van der Waals surface area contributed by atoms with E-state index in [4.69, 9.17) is 11.6 Å². The van der Waals surface area contributed by atoms with E-state index >= 15 is 0 Å². The number of halogens is 2. The van der Waals surface area contributed by atoms with Crippen LogP contribution in [0.4, 0.5) is 4.39 Å². The summed E-state index contributed by atoms with van der Waals surface area (Å²) in [5.41, 5.74) is 0.218. The van der Waals surface area contributed by atoms with Crippen molar-refractivity contribution in [3.05, 3.63) is 64.9 Å². The number of nitrogens with zero attached hydrogens (tertiary/aromatic N) is 2. The quantitative estimate of drug-likeness (QED) is 0.611. The second-order valence-electron chi connectivity index (χ2n) is 6.90. The summed E-state index contributed by atoms with van der Waals surface area (Å²) >= 11 is 5.81. The fourth-order valence-corrected chi connectivity index (χ4v) is 4.11. The van der Waals surface area contributed by atoms with Gasteiger partial charge in [0.1, 0.15) is 11.9 Å². The van der Waals surface area contributed by atoms with Crippen molar-refractivity contribution >= 4 is 33.4 Å². The van der Waals surface area contributed by atoms with Gasteiger partial charge in [-0.2, -0.15) is 4.31 Å². The monoisotopic (exact) mass is 469 g/mol. The van der Waals surface area contributed by atoms with E-state index in [0.717, 1.165) is 9.21 Å². The largest absolute Gasteiger partial charge is 0.355 e. The summed E-state index contributed by atoms with van der Waals surface area (Å²) in [5.74, 6) is -1.58. The molecule has 0 saturated heterocycles. The lowest BCUT2D eigenvalue weighted by atomic mass is 10.1. The highest BCUT2D eigenvalue weighted by Crippen LogP contribution is 2.19. The zero-order chi connectivity index (χ0) is 23.2. The molecule has 0 aliphatic carbocycles. The number of carbonyl (C=O) groups is 2. The minimum atomic E-state index is -3.97. The van der Waals surface area contributed by atoms with Crippen LogP contribution in [0.1, 0.15) is 19.4 Å². The van der Waals surface area contributed by atoms with Crippen molar-refractivity contribution in [2.45, 2.75) is 31.3 Å². The molecule has 0 spiro atoms. The van der Waals surface area contributed by atoms with Gasteiger partial charge in [-0.05, 0) is 44.2 Å². The Morgan fingerprint density at radius 3 is 2.32 bits per heavy atom. The fraction of sp³-hybridized carbons (Fsp3) is 0.333. The van der Waals surface area contributed by atoms with Crippen LogP contribution in [0.5, 0.6) is 0 Å². The summed E-state index contributed by atoms with van der Waals surface area (Å²) in [4.78, 5) is 26.5. The molecule has 10 heteroatoms. The molecule has 0 aromatic heterocycles. The molecule has 0 radical (unpaired) electrons. The van der Waals surface area contributed by atoms with Gasteiger partial charge in [-0.25, -0.2) is 12.8 Å². The maximum absolute atomic E-state index is 14.2. The van der Waals surface area contributed by atoms with Gasteiger partial charge in [-0.3, -0.25) is 9.59 Å². The Kier molecular flexibility index (Phi) is 8.55. The molecular formula is C21H25ClFN3O4S. The fourth-order valence-electron chi connectivity index (χ4n) is 2.87. The summed E-state index contributed by atoms with van der Waals surface area (Å²) in [7, 11) is -2.71. The third-order valence-electron chi connectivity index (χ3n) is 4.70. The van der Waals surface area contributed by atoms with E-state index in [9.17, 15) is 22.4 Å². The van der Waals surface area contributed by atoms with Gasteiger partial charge < -0.3 is 10.2 Å². The van der Waals surface area contributed by atoms with E-state index < -0.39 is 40.2 Å². The Morgan fingerprint density at radius 1 is 1.13 bits per heavy atom. The van der Waals surface area contributed by atoms with E-state index in [1.807, 2.05) is 0 Å². The van der Waals surface area contributed by atoms with Crippen LogP contribution in [0.15, 0.2) is 53.4 Å². The Morgan fingerprint density at radius 2 is 1.74 bits per heavy atom. The van der Waals surface area contributed by atoms with Crippen LogP contribution in [0.3, 0.4) is 0 Å². The van der Waals surface area contributed by atoms with E-state index in [0.29, 0.717) is 11.6 Å². The van der Waals surface area contributed by atoms with Crippen molar-refractivity contribution in [2.24, 2.45) is 0 Å². The topological polar surface area (TPSA) is 86.8 Å². The minimum Gasteiger partial charge on any atom is -0.355 e. The van der Waals surface area contributed by atoms with E-state index in [-0.39, 0.29) is 17.0 Å². The van der Waals surface area contributed by atoms with Gasteiger partial charge in [0.05, 0.1) is 11.4 Å². The van der Waals surface area contributed by atoms with Crippen molar-refractivity contribution in [3.63, 3.8) is 0 Å². The molecular weight excluding hydrogens is 445 g/mol. The lowest BCUT2D eigenvalue weighted by Crippen LogP contribution is -2.50. The first kappa shape index (κ1) is 24.8. The molecule has 0 aliphatic heterocycles. The molecule has 0 saturated carbocycles. The van der Waals surface area contributed by atoms with Crippen molar-refractivity contribution in [1.29, 1.82) is 0 Å². The summed E-state index contributed by atoms with van der Waals surface area (Å²) in [6.07, 6.45) is 0. The van der Waals surface area contributed by atoms with Gasteiger partial charge >= 0.3 is 0 Å². The van der Waals surface area contributed by atoms with Crippen LogP contribution in [0.2, 0.25) is 5.02 Å². The van der Waals surface area contributed by atoms with Crippen LogP contribution in [-0.4, -0.2) is 55.6 Å². The highest BCUT2D eigenvalue weighted by atomic mass is 35.5. The van der Waals surface area contributed by atoms with Crippen molar-refractivity contribution in [1.82, 2.24) is 14.5 Å². The number of nitrogens with one attached hydrogen (secondary N) is 1. The molecule has 7 nitrogen and oxygen atoms in total. The standard InChI is InChI=1S/C21H25ClFN3O4S/c1-4-24-21(28)15(2)26(13-16-7-5-6-8-19(16)23)20(27)14-25(3)31(29,30)18-11-9-17(22)10-12-18/h5-12,15H,4,13-14H2,1-3H3,(H,24,28)/t15-/m0/s1. The molecule has 2 aromatic rings. The number of hydrogen-bond donors (Lipinski definition) is 1. The first-order valence-corrected chi connectivity index (χ1v) is 11.4. The van der Waals surface area contributed by atoms with Gasteiger partial charge in [0.2, 0.25) is 21.8 Å². The summed E-state index contributed by atoms with van der Waals surface area (Å²) in [6, 6.07) is 10.5. The SMILES string of the molecule is CCNC(=O)[C@H](C)N(Cc1ccccc1F)C(=O)CN(C)S(=O)(=O)c1ccc(Cl)cc1. The molecule has 31 heavy (non-hydrogen) atoms. The second kappa shape index (κ2) is 10.7. The average molecular weight is 470 g/mol. The minimum absolute atomic E-state index is 0.0235. The lowest BCUT2D eigenvalue weighted by molar-refractivity contribution is -0.140. The molecule has 2 amide bonds. The molecule has 2 rings (SSSR count). The molecule has 0 heterocycles. The van der Waals surface area contributed by atoms with Gasteiger partial charge in [0.25, 0.3) is 0 Å². The van der Waals surface area contributed by atoms with Crippen molar-refractivity contribution in [3.8, 4) is 0 Å². The highest BCUT2D eigenvalue weighted by molar-refractivity contribution is 7.89. The summed E-state index contributed by atoms with van der Waals surface area (Å²) in [6.45, 7) is 2.90. The van der Waals surface area contributed by atoms with Crippen molar-refractivity contribution < 1.29 is 22.4 Å². The van der Waals surface area contributed by atoms with E-state index in [2.05, 4.69) is 5.32 Å². The van der Waals surface area contributed by atoms with Crippen LogP contribution in [-0.2, 0) is 26.2 Å². The van der Waals surface area contributed by atoms with E-state index in [1.165, 1.54) is 56.4 Å². The van der Waals surface area contributed by atoms with Gasteiger partial charge in [0, 0.05) is 30.7 Å². The lowest BCUT2D eigenvalue weighted by Gasteiger charge is -2.30. The second-order valence-corrected chi connectivity index (χ2v) is 9.38. The van der Waals surface area contributed by atoms with E-state index in [1.54, 1.807) is 13.0 Å². The maximum atomic E-state index is 14.2. The van der Waals surface area contributed by atoms with Crippen LogP contribution in [0, 0.1) is 5.82 Å². The Labute approximate surface area is 186 Å². The third-order valence-corrected chi connectivity index (χ3v) is 6.77. The maximum Gasteiger partial charge on any atom is 0.243 e. The zero-order valence-electron chi connectivity index (χ0n) is 17.5. The normalized spacial score (nSPS) is 12.5. The number of sulfonamides is 1. The molecule has 2 aromatic carbocycles. The Bertz CT molecular complexity index is 1030. The molecule has 0 fully saturated rings. The number of rotatable bonds is 9. The smallest absolute Gasteiger partial charge is 0.243 e. The first-order valence-electron chi connectivity index (χ1n) is 9.60. The predicted molar refractivity (Wildman–Crippen MR) is 116 cm³/mol. The van der Waals surface area contributed by atoms with Crippen LogP contribution >= 0.6 is 11.6 Å². The molecule has 0 bridgehead atoms. The third kappa shape index (κ3) is 6.25. The zero-order valence-corrected chi connectivity index (χ0v) is 19.1. The van der Waals surface area contributed by atoms with Gasteiger partial charge in [-0.15, -0.1) is 0 Å².